The van der Waals surface area contributed by atoms with Crippen LogP contribution >= 0.6 is 0 Å². The van der Waals surface area contributed by atoms with Crippen molar-refractivity contribution in [1.82, 2.24) is 20.9 Å². The van der Waals surface area contributed by atoms with Crippen LogP contribution in [0, 0.1) is 11.6 Å². The molecule has 3 rings (SSSR count). The Morgan fingerprint density at radius 2 is 1.66 bits per heavy atom. The molecule has 3 amide bonds. The van der Waals surface area contributed by atoms with Gasteiger partial charge in [-0.2, -0.15) is 0 Å². The van der Waals surface area contributed by atoms with Gasteiger partial charge in [-0.25, -0.2) is 8.78 Å². The van der Waals surface area contributed by atoms with E-state index in [2.05, 4.69) is 33.0 Å². The predicted molar refractivity (Wildman–Crippen MR) is 154 cm³/mol. The van der Waals surface area contributed by atoms with Gasteiger partial charge in [-0.3, -0.25) is 14.4 Å². The summed E-state index contributed by atoms with van der Waals surface area (Å²) in [7, 11) is 3.48. The molecular weight excluding hydrogens is 534 g/mol. The van der Waals surface area contributed by atoms with Crippen molar-refractivity contribution in [3.8, 4) is 0 Å². The molecule has 1 saturated heterocycles. The summed E-state index contributed by atoms with van der Waals surface area (Å²) in [6.07, 6.45) is 1.52. The number of anilines is 1. The monoisotopic (exact) mass is 576 g/mol. The van der Waals surface area contributed by atoms with Crippen LogP contribution in [0.25, 0.3) is 0 Å². The maximum Gasteiger partial charge on any atom is 0.247 e. The number of rotatable bonds is 12. The molecule has 0 radical (unpaired) electrons. The van der Waals surface area contributed by atoms with E-state index in [1.807, 2.05) is 19.2 Å². The molecule has 0 aromatic heterocycles. The normalized spacial score (nSPS) is 14.0. The predicted octanol–water partition coefficient (Wildman–Crippen LogP) is 1.18. The standard InChI is InChI=1S/C27H37F2N5O3.C2H5NO/c1-27(2,30)26(36)32-23(18-37-17-20-21(28)8-6-9-22(20)29)25(35)34-15-13-33(14-16-34)24-10-5-4-7-19(24)11-12-31-3;1-3-2-4/h4-10,23,31H,11-18,30H2,1-3H3,(H,32,36);2H,1H3,(H,3,4)/t23-;/m1./s1. The number of benzene rings is 2. The molecular formula is C29H42F2N6O4. The minimum atomic E-state index is -1.22. The van der Waals surface area contributed by atoms with E-state index in [-0.39, 0.29) is 24.7 Å². The molecule has 0 unspecified atom stereocenters. The topological polar surface area (TPSA) is 129 Å². The Balaban J connectivity index is 0.00000138. The SMILES string of the molecule is CNC=O.CNCCc1ccccc1N1CCN(C(=O)[C@@H](COCc2c(F)cccc2F)NC(=O)C(C)(C)N)CC1. The summed E-state index contributed by atoms with van der Waals surface area (Å²) in [4.78, 5) is 39.0. The van der Waals surface area contributed by atoms with Gasteiger partial charge in [-0.15, -0.1) is 0 Å². The Kier molecular flexibility index (Phi) is 13.6. The number of hydrogen-bond donors (Lipinski definition) is 4. The number of amides is 3. The summed E-state index contributed by atoms with van der Waals surface area (Å²) in [5, 5.41) is 8.08. The van der Waals surface area contributed by atoms with Crippen LogP contribution in [0.5, 0.6) is 0 Å². The molecule has 1 aliphatic rings. The van der Waals surface area contributed by atoms with Crippen molar-refractivity contribution < 1.29 is 27.9 Å². The molecule has 1 atom stereocenters. The first-order valence-corrected chi connectivity index (χ1v) is 13.5. The fourth-order valence-electron chi connectivity index (χ4n) is 4.15. The van der Waals surface area contributed by atoms with Crippen LogP contribution in [-0.4, -0.2) is 88.1 Å². The van der Waals surface area contributed by atoms with Gasteiger partial charge in [0, 0.05) is 44.5 Å². The van der Waals surface area contributed by atoms with Crippen LogP contribution in [0.1, 0.15) is 25.0 Å². The smallest absolute Gasteiger partial charge is 0.247 e. The molecule has 5 N–H and O–H groups in total. The lowest BCUT2D eigenvalue weighted by Crippen LogP contribution is -2.60. The summed E-state index contributed by atoms with van der Waals surface area (Å²) in [6, 6.07) is 10.7. The van der Waals surface area contributed by atoms with Gasteiger partial charge in [-0.1, -0.05) is 24.3 Å². The minimum absolute atomic E-state index is 0.232. The lowest BCUT2D eigenvalue weighted by molar-refractivity contribution is -0.139. The largest absolute Gasteiger partial charge is 0.374 e. The molecule has 0 spiro atoms. The Bertz CT molecular complexity index is 1120. The number of carbonyl (C=O) groups excluding carboxylic acids is 3. The lowest BCUT2D eigenvalue weighted by Gasteiger charge is -2.38. The second-order valence-corrected chi connectivity index (χ2v) is 10.2. The summed E-state index contributed by atoms with van der Waals surface area (Å²) < 4.78 is 33.5. The summed E-state index contributed by atoms with van der Waals surface area (Å²) in [6.45, 7) is 5.49. The fraction of sp³-hybridized carbons (Fsp3) is 0.483. The number of hydrogen-bond acceptors (Lipinski definition) is 7. The van der Waals surface area contributed by atoms with Crippen LogP contribution in [0.2, 0.25) is 0 Å². The Hall–Kier alpha value is -3.61. The van der Waals surface area contributed by atoms with Crippen molar-refractivity contribution in [1.29, 1.82) is 0 Å². The van der Waals surface area contributed by atoms with E-state index >= 15 is 0 Å². The summed E-state index contributed by atoms with van der Waals surface area (Å²) in [5.74, 6) is -2.32. The Morgan fingerprint density at radius 1 is 1.05 bits per heavy atom. The average molecular weight is 577 g/mol. The molecule has 41 heavy (non-hydrogen) atoms. The molecule has 1 fully saturated rings. The van der Waals surface area contributed by atoms with Crippen molar-refractivity contribution >= 4 is 23.9 Å². The number of nitrogens with zero attached hydrogens (tertiary/aromatic N) is 2. The quantitative estimate of drug-likeness (QED) is 0.279. The lowest BCUT2D eigenvalue weighted by atomic mass is 10.1. The van der Waals surface area contributed by atoms with Crippen LogP contribution < -0.4 is 26.6 Å². The van der Waals surface area contributed by atoms with Gasteiger partial charge in [0.15, 0.2) is 0 Å². The molecule has 10 nitrogen and oxygen atoms in total. The van der Waals surface area contributed by atoms with Gasteiger partial charge in [-0.05, 0) is 57.6 Å². The van der Waals surface area contributed by atoms with E-state index in [0.29, 0.717) is 32.6 Å². The third-order valence-electron chi connectivity index (χ3n) is 6.47. The van der Waals surface area contributed by atoms with Gasteiger partial charge in [0.1, 0.15) is 17.7 Å². The van der Waals surface area contributed by atoms with E-state index in [1.54, 1.807) is 11.9 Å². The zero-order valence-corrected chi connectivity index (χ0v) is 24.2. The van der Waals surface area contributed by atoms with E-state index < -0.39 is 29.1 Å². The first kappa shape index (κ1) is 33.6. The van der Waals surface area contributed by atoms with Gasteiger partial charge < -0.3 is 36.2 Å². The van der Waals surface area contributed by atoms with Crippen LogP contribution in [0.15, 0.2) is 42.5 Å². The van der Waals surface area contributed by atoms with Crippen molar-refractivity contribution in [3.63, 3.8) is 0 Å². The second kappa shape index (κ2) is 16.6. The number of piperazine rings is 1. The summed E-state index contributed by atoms with van der Waals surface area (Å²) >= 11 is 0. The highest BCUT2D eigenvalue weighted by atomic mass is 19.1. The van der Waals surface area contributed by atoms with E-state index in [0.717, 1.165) is 30.8 Å². The minimum Gasteiger partial charge on any atom is -0.374 e. The number of carbonyl (C=O) groups is 3. The van der Waals surface area contributed by atoms with Gasteiger partial charge in [0.25, 0.3) is 0 Å². The van der Waals surface area contributed by atoms with Crippen LogP contribution in [0.4, 0.5) is 14.5 Å². The maximum atomic E-state index is 14.0. The number of nitrogens with one attached hydrogen (secondary N) is 3. The molecule has 1 heterocycles. The van der Waals surface area contributed by atoms with Crippen molar-refractivity contribution in [2.75, 3.05) is 58.3 Å². The fourth-order valence-corrected chi connectivity index (χ4v) is 4.15. The number of halogens is 2. The van der Waals surface area contributed by atoms with Gasteiger partial charge >= 0.3 is 0 Å². The van der Waals surface area contributed by atoms with E-state index in [9.17, 15) is 18.4 Å². The molecule has 0 bridgehead atoms. The maximum absolute atomic E-state index is 14.0. The van der Waals surface area contributed by atoms with Gasteiger partial charge in [0.05, 0.1) is 18.8 Å². The summed E-state index contributed by atoms with van der Waals surface area (Å²) in [5.41, 5.74) is 6.85. The molecule has 1 aliphatic heterocycles. The van der Waals surface area contributed by atoms with Crippen LogP contribution in [0.3, 0.4) is 0 Å². The number of ether oxygens (including phenoxy) is 1. The molecule has 12 heteroatoms. The molecule has 0 aliphatic carbocycles. The number of nitrogens with two attached hydrogens (primary N) is 1. The van der Waals surface area contributed by atoms with Crippen LogP contribution in [-0.2, 0) is 32.1 Å². The molecule has 2 aromatic carbocycles. The molecule has 2 aromatic rings. The van der Waals surface area contributed by atoms with Crippen molar-refractivity contribution in [2.24, 2.45) is 5.73 Å². The molecule has 0 saturated carbocycles. The number of likely N-dealkylation sites (N-methyl/N-ethyl adjacent to an activating group) is 1. The molecule has 226 valence electrons. The Labute approximate surface area is 240 Å². The first-order valence-electron chi connectivity index (χ1n) is 13.5. The van der Waals surface area contributed by atoms with Crippen molar-refractivity contribution in [2.45, 2.75) is 38.5 Å². The van der Waals surface area contributed by atoms with E-state index in [1.165, 1.54) is 25.5 Å². The Morgan fingerprint density at radius 3 is 2.22 bits per heavy atom. The highest BCUT2D eigenvalue weighted by Gasteiger charge is 2.32. The van der Waals surface area contributed by atoms with Crippen molar-refractivity contribution in [3.05, 3.63) is 65.2 Å². The zero-order chi connectivity index (χ0) is 30.4. The van der Waals surface area contributed by atoms with E-state index in [4.69, 9.17) is 15.3 Å². The second-order valence-electron chi connectivity index (χ2n) is 10.2. The third-order valence-corrected chi connectivity index (χ3v) is 6.47. The highest BCUT2D eigenvalue weighted by Crippen LogP contribution is 2.22. The third kappa shape index (κ3) is 10.4. The number of para-hydroxylation sites is 1. The highest BCUT2D eigenvalue weighted by molar-refractivity contribution is 5.91. The zero-order valence-electron chi connectivity index (χ0n) is 24.2. The van der Waals surface area contributed by atoms with Gasteiger partial charge in [0.2, 0.25) is 18.2 Å². The average Bonchev–Trinajstić information content (AvgIpc) is 2.96. The first-order chi connectivity index (χ1) is 19.5.